The van der Waals surface area contributed by atoms with Crippen molar-refractivity contribution in [1.82, 2.24) is 15.0 Å². The standard InChI is InChI=1S/C12H20N6OS/c1-13-10-15-11(14-9-2-7-20-8-9)17-12(16-10)18-3-5-19-6-4-18/h9H,2-8H2,1H3,(H2,13,14,15,16,17). The second-order valence-electron chi connectivity index (χ2n) is 4.84. The number of ether oxygens (including phenoxy) is 1. The van der Waals surface area contributed by atoms with Crippen molar-refractivity contribution in [1.29, 1.82) is 0 Å². The fourth-order valence-electron chi connectivity index (χ4n) is 2.28. The third-order valence-electron chi connectivity index (χ3n) is 3.40. The highest BCUT2D eigenvalue weighted by molar-refractivity contribution is 7.99. The number of rotatable bonds is 4. The van der Waals surface area contributed by atoms with Crippen LogP contribution in [0.3, 0.4) is 0 Å². The van der Waals surface area contributed by atoms with Gasteiger partial charge in [0.1, 0.15) is 0 Å². The van der Waals surface area contributed by atoms with Gasteiger partial charge in [-0.3, -0.25) is 0 Å². The Hall–Kier alpha value is -1.28. The maximum atomic E-state index is 5.37. The molecule has 0 saturated carbocycles. The maximum Gasteiger partial charge on any atom is 0.232 e. The van der Waals surface area contributed by atoms with Gasteiger partial charge in [0, 0.05) is 31.9 Å². The molecule has 3 rings (SSSR count). The number of aromatic nitrogens is 3. The Kier molecular flexibility index (Phi) is 4.41. The Bertz CT molecular complexity index is 448. The normalized spacial score (nSPS) is 22.9. The van der Waals surface area contributed by atoms with Gasteiger partial charge < -0.3 is 20.3 Å². The zero-order chi connectivity index (χ0) is 13.8. The van der Waals surface area contributed by atoms with Gasteiger partial charge in [-0.15, -0.1) is 0 Å². The van der Waals surface area contributed by atoms with Gasteiger partial charge in [-0.1, -0.05) is 0 Å². The van der Waals surface area contributed by atoms with Gasteiger partial charge in [0.15, 0.2) is 0 Å². The van der Waals surface area contributed by atoms with Crippen LogP contribution in [0.25, 0.3) is 0 Å². The van der Waals surface area contributed by atoms with Crippen molar-refractivity contribution >= 4 is 29.6 Å². The van der Waals surface area contributed by atoms with E-state index in [1.165, 1.54) is 5.75 Å². The van der Waals surface area contributed by atoms with Crippen molar-refractivity contribution < 1.29 is 4.74 Å². The number of hydrogen-bond donors (Lipinski definition) is 2. The third kappa shape index (κ3) is 3.24. The zero-order valence-electron chi connectivity index (χ0n) is 11.6. The van der Waals surface area contributed by atoms with Gasteiger partial charge in [-0.25, -0.2) is 0 Å². The van der Waals surface area contributed by atoms with E-state index in [1.54, 1.807) is 0 Å². The van der Waals surface area contributed by atoms with Gasteiger partial charge in [0.25, 0.3) is 0 Å². The Balaban J connectivity index is 1.77. The minimum Gasteiger partial charge on any atom is -0.378 e. The van der Waals surface area contributed by atoms with Crippen molar-refractivity contribution in [3.05, 3.63) is 0 Å². The first-order valence-corrected chi connectivity index (χ1v) is 8.11. The van der Waals surface area contributed by atoms with Crippen LogP contribution < -0.4 is 15.5 Å². The van der Waals surface area contributed by atoms with Crippen molar-refractivity contribution in [2.45, 2.75) is 12.5 Å². The first kappa shape index (κ1) is 13.7. The summed E-state index contributed by atoms with van der Waals surface area (Å²) >= 11 is 1.97. The van der Waals surface area contributed by atoms with Crippen LogP contribution in [0.1, 0.15) is 6.42 Å². The van der Waals surface area contributed by atoms with E-state index in [2.05, 4.69) is 30.5 Å². The van der Waals surface area contributed by atoms with E-state index in [4.69, 9.17) is 4.74 Å². The molecule has 0 radical (unpaired) electrons. The van der Waals surface area contributed by atoms with Gasteiger partial charge in [0.2, 0.25) is 17.8 Å². The molecule has 0 bridgehead atoms. The summed E-state index contributed by atoms with van der Waals surface area (Å²) in [6.45, 7) is 3.10. The molecule has 0 amide bonds. The van der Waals surface area contributed by atoms with E-state index in [0.29, 0.717) is 17.9 Å². The fraction of sp³-hybridized carbons (Fsp3) is 0.750. The molecular weight excluding hydrogens is 276 g/mol. The van der Waals surface area contributed by atoms with E-state index < -0.39 is 0 Å². The lowest BCUT2D eigenvalue weighted by atomic mass is 10.3. The van der Waals surface area contributed by atoms with Crippen LogP contribution in [-0.4, -0.2) is 65.9 Å². The highest BCUT2D eigenvalue weighted by Gasteiger charge is 2.19. The van der Waals surface area contributed by atoms with E-state index in [-0.39, 0.29) is 0 Å². The largest absolute Gasteiger partial charge is 0.378 e. The number of anilines is 3. The molecule has 0 spiro atoms. The van der Waals surface area contributed by atoms with Crippen molar-refractivity contribution in [2.24, 2.45) is 0 Å². The van der Waals surface area contributed by atoms with Crippen LogP contribution >= 0.6 is 11.8 Å². The van der Waals surface area contributed by atoms with Crippen molar-refractivity contribution in [3.63, 3.8) is 0 Å². The lowest BCUT2D eigenvalue weighted by molar-refractivity contribution is 0.122. The first-order chi connectivity index (χ1) is 9.85. The van der Waals surface area contributed by atoms with E-state index in [9.17, 15) is 0 Å². The quantitative estimate of drug-likeness (QED) is 0.839. The molecule has 8 heteroatoms. The monoisotopic (exact) mass is 296 g/mol. The molecule has 110 valence electrons. The number of nitrogens with zero attached hydrogens (tertiary/aromatic N) is 4. The van der Waals surface area contributed by atoms with Crippen LogP contribution in [0, 0.1) is 0 Å². The molecule has 7 nitrogen and oxygen atoms in total. The summed E-state index contributed by atoms with van der Waals surface area (Å²) in [5, 5.41) is 6.42. The summed E-state index contributed by atoms with van der Waals surface area (Å²) in [5.41, 5.74) is 0. The molecule has 2 aliphatic heterocycles. The highest BCUT2D eigenvalue weighted by Crippen LogP contribution is 2.21. The maximum absolute atomic E-state index is 5.37. The highest BCUT2D eigenvalue weighted by atomic mass is 32.2. The molecular formula is C12H20N6OS. The summed E-state index contributed by atoms with van der Waals surface area (Å²) in [6.07, 6.45) is 1.16. The lowest BCUT2D eigenvalue weighted by Gasteiger charge is -2.27. The molecule has 1 aromatic rings. The predicted molar refractivity (Wildman–Crippen MR) is 81.8 cm³/mol. The summed E-state index contributed by atoms with van der Waals surface area (Å²) < 4.78 is 5.37. The average Bonchev–Trinajstić information content (AvgIpc) is 3.00. The van der Waals surface area contributed by atoms with Crippen LogP contribution in [0.2, 0.25) is 0 Å². The topological polar surface area (TPSA) is 75.2 Å². The van der Waals surface area contributed by atoms with Crippen LogP contribution in [0.4, 0.5) is 17.8 Å². The first-order valence-electron chi connectivity index (χ1n) is 6.96. The Morgan fingerprint density at radius 1 is 1.20 bits per heavy atom. The van der Waals surface area contributed by atoms with Crippen LogP contribution in [-0.2, 0) is 4.74 Å². The molecule has 2 aliphatic rings. The summed E-state index contributed by atoms with van der Waals surface area (Å²) in [5.74, 6) is 4.32. The van der Waals surface area contributed by atoms with Gasteiger partial charge in [0.05, 0.1) is 13.2 Å². The predicted octanol–water partition coefficient (Wildman–Crippen LogP) is 0.667. The SMILES string of the molecule is CNc1nc(NC2CCSC2)nc(N2CCOCC2)n1. The molecule has 2 N–H and O–H groups in total. The molecule has 20 heavy (non-hydrogen) atoms. The summed E-state index contributed by atoms with van der Waals surface area (Å²) in [6, 6.07) is 0.463. The van der Waals surface area contributed by atoms with E-state index >= 15 is 0 Å². The van der Waals surface area contributed by atoms with Gasteiger partial charge in [-0.2, -0.15) is 26.7 Å². The van der Waals surface area contributed by atoms with Crippen LogP contribution in [0.5, 0.6) is 0 Å². The molecule has 0 aliphatic carbocycles. The summed E-state index contributed by atoms with van der Waals surface area (Å²) in [7, 11) is 1.83. The second-order valence-corrected chi connectivity index (χ2v) is 5.99. The van der Waals surface area contributed by atoms with Crippen molar-refractivity contribution in [2.75, 3.05) is 60.4 Å². The second kappa shape index (κ2) is 6.45. The zero-order valence-corrected chi connectivity index (χ0v) is 12.4. The Morgan fingerprint density at radius 2 is 2.00 bits per heavy atom. The van der Waals surface area contributed by atoms with E-state index in [0.717, 1.165) is 44.4 Å². The van der Waals surface area contributed by atoms with E-state index in [1.807, 2.05) is 18.8 Å². The minimum atomic E-state index is 0.463. The Morgan fingerprint density at radius 3 is 2.70 bits per heavy atom. The smallest absolute Gasteiger partial charge is 0.232 e. The van der Waals surface area contributed by atoms with Crippen LogP contribution in [0.15, 0.2) is 0 Å². The van der Waals surface area contributed by atoms with Gasteiger partial charge in [-0.05, 0) is 12.2 Å². The average molecular weight is 296 g/mol. The molecule has 1 aromatic heterocycles. The number of nitrogens with one attached hydrogen (secondary N) is 2. The van der Waals surface area contributed by atoms with Gasteiger partial charge >= 0.3 is 0 Å². The Labute approximate surface area is 122 Å². The number of morpholine rings is 1. The molecule has 2 fully saturated rings. The fourth-order valence-corrected chi connectivity index (χ4v) is 3.43. The molecule has 0 aromatic carbocycles. The molecule has 1 unspecified atom stereocenters. The summed E-state index contributed by atoms with van der Waals surface area (Å²) in [4.78, 5) is 15.5. The minimum absolute atomic E-state index is 0.463. The lowest BCUT2D eigenvalue weighted by Crippen LogP contribution is -2.37. The third-order valence-corrected chi connectivity index (χ3v) is 4.57. The van der Waals surface area contributed by atoms with Crippen molar-refractivity contribution in [3.8, 4) is 0 Å². The molecule has 2 saturated heterocycles. The molecule has 1 atom stereocenters. The number of hydrogen-bond acceptors (Lipinski definition) is 8. The molecule has 3 heterocycles. The number of thioether (sulfide) groups is 1.